The number of hydrogen-bond donors (Lipinski definition) is 2. The number of fused-ring (bicyclic) bond motifs is 1. The van der Waals surface area contributed by atoms with E-state index in [1.807, 2.05) is 0 Å². The lowest BCUT2D eigenvalue weighted by Gasteiger charge is -2.23. The van der Waals surface area contributed by atoms with Gasteiger partial charge in [0.05, 0.1) is 5.69 Å². The number of likely N-dealkylation sites (N-methyl/N-ethyl adjacent to an activating group) is 1. The van der Waals surface area contributed by atoms with Gasteiger partial charge in [0.1, 0.15) is 5.69 Å². The summed E-state index contributed by atoms with van der Waals surface area (Å²) in [5.41, 5.74) is 1.66. The fourth-order valence-electron chi connectivity index (χ4n) is 2.24. The number of aromatic amines is 1. The maximum atomic E-state index is 12.1. The highest BCUT2D eigenvalue weighted by molar-refractivity contribution is 9.10. The zero-order chi connectivity index (χ0) is 14.1. The molecule has 0 saturated heterocycles. The summed E-state index contributed by atoms with van der Waals surface area (Å²) in [4.78, 5) is 23.1. The van der Waals surface area contributed by atoms with Gasteiger partial charge in [-0.1, -0.05) is 6.92 Å². The van der Waals surface area contributed by atoms with E-state index >= 15 is 0 Å². The van der Waals surface area contributed by atoms with Crippen molar-refractivity contribution in [3.8, 4) is 0 Å². The fraction of sp³-hybridized carbons (Fsp3) is 0.385. The van der Waals surface area contributed by atoms with E-state index in [1.165, 1.54) is 4.88 Å². The van der Waals surface area contributed by atoms with Crippen molar-refractivity contribution in [1.82, 2.24) is 14.9 Å². The molecule has 1 amide bonds. The number of hydrogen-bond acceptors (Lipinski definition) is 4. The number of anilines is 1. The lowest BCUT2D eigenvalue weighted by Crippen LogP contribution is -2.29. The van der Waals surface area contributed by atoms with Crippen molar-refractivity contribution in [2.75, 3.05) is 18.4 Å². The standard InChI is InChI=1S/C13H15BrN4OS/c1-2-18-4-3-9-11(7-18)20-13(16-9)17-12(19)10-5-8(14)6-15-10/h5-6,15H,2-4,7H2,1H3,(H,16,17,19). The summed E-state index contributed by atoms with van der Waals surface area (Å²) in [5, 5.41) is 3.54. The number of aromatic nitrogens is 2. The van der Waals surface area contributed by atoms with Crippen molar-refractivity contribution in [2.45, 2.75) is 19.9 Å². The van der Waals surface area contributed by atoms with Crippen LogP contribution < -0.4 is 5.32 Å². The van der Waals surface area contributed by atoms with Crippen LogP contribution in [0.3, 0.4) is 0 Å². The Morgan fingerprint density at radius 3 is 3.20 bits per heavy atom. The van der Waals surface area contributed by atoms with Gasteiger partial charge in [0.15, 0.2) is 5.13 Å². The Morgan fingerprint density at radius 2 is 2.50 bits per heavy atom. The van der Waals surface area contributed by atoms with Gasteiger partial charge in [-0.05, 0) is 28.5 Å². The van der Waals surface area contributed by atoms with Crippen molar-refractivity contribution < 1.29 is 4.79 Å². The monoisotopic (exact) mass is 354 g/mol. The summed E-state index contributed by atoms with van der Waals surface area (Å²) in [6, 6.07) is 1.75. The van der Waals surface area contributed by atoms with Crippen LogP contribution in [0.5, 0.6) is 0 Å². The Kier molecular flexibility index (Phi) is 3.91. The van der Waals surface area contributed by atoms with Gasteiger partial charge >= 0.3 is 0 Å². The second-order valence-electron chi connectivity index (χ2n) is 4.69. The molecule has 0 saturated carbocycles. The molecule has 0 unspecified atom stereocenters. The summed E-state index contributed by atoms with van der Waals surface area (Å²) in [6.07, 6.45) is 2.70. The van der Waals surface area contributed by atoms with Crippen LogP contribution in [0.4, 0.5) is 5.13 Å². The van der Waals surface area contributed by atoms with Gasteiger partial charge in [0.2, 0.25) is 0 Å². The highest BCUT2D eigenvalue weighted by Gasteiger charge is 2.20. The molecule has 106 valence electrons. The highest BCUT2D eigenvalue weighted by Crippen LogP contribution is 2.28. The second kappa shape index (κ2) is 5.67. The Hall–Kier alpha value is -1.18. The molecule has 2 aromatic heterocycles. The minimum absolute atomic E-state index is 0.158. The molecular weight excluding hydrogens is 340 g/mol. The lowest BCUT2D eigenvalue weighted by molar-refractivity contribution is 0.102. The SMILES string of the molecule is CCN1CCc2nc(NC(=O)c3cc(Br)c[nH]3)sc2C1. The van der Waals surface area contributed by atoms with Crippen LogP contribution in [0.25, 0.3) is 0 Å². The largest absolute Gasteiger partial charge is 0.356 e. The van der Waals surface area contributed by atoms with Crippen LogP contribution in [0.2, 0.25) is 0 Å². The van der Waals surface area contributed by atoms with Crippen LogP contribution >= 0.6 is 27.3 Å². The minimum atomic E-state index is -0.158. The van der Waals surface area contributed by atoms with E-state index < -0.39 is 0 Å². The fourth-order valence-corrected chi connectivity index (χ4v) is 3.62. The third kappa shape index (κ3) is 2.79. The quantitative estimate of drug-likeness (QED) is 0.890. The number of halogens is 1. The maximum absolute atomic E-state index is 12.1. The van der Waals surface area contributed by atoms with Crippen LogP contribution in [-0.2, 0) is 13.0 Å². The van der Waals surface area contributed by atoms with E-state index in [2.05, 4.69) is 43.0 Å². The molecule has 0 aliphatic carbocycles. The summed E-state index contributed by atoms with van der Waals surface area (Å²) in [5.74, 6) is -0.158. The molecule has 0 aromatic carbocycles. The Morgan fingerprint density at radius 1 is 1.65 bits per heavy atom. The Labute approximate surface area is 129 Å². The first-order chi connectivity index (χ1) is 9.65. The molecule has 0 radical (unpaired) electrons. The molecule has 1 aliphatic rings. The summed E-state index contributed by atoms with van der Waals surface area (Å²) in [7, 11) is 0. The van der Waals surface area contributed by atoms with Crippen LogP contribution in [0.15, 0.2) is 16.7 Å². The molecule has 3 heterocycles. The van der Waals surface area contributed by atoms with Gasteiger partial charge in [-0.15, -0.1) is 11.3 Å². The number of thiazole rings is 1. The lowest BCUT2D eigenvalue weighted by atomic mass is 10.2. The minimum Gasteiger partial charge on any atom is -0.356 e. The van der Waals surface area contributed by atoms with Crippen molar-refractivity contribution in [2.24, 2.45) is 0 Å². The molecule has 0 bridgehead atoms. The second-order valence-corrected chi connectivity index (χ2v) is 6.69. The first kappa shape index (κ1) is 13.8. The first-order valence-electron chi connectivity index (χ1n) is 6.52. The van der Waals surface area contributed by atoms with Gasteiger partial charge in [0.25, 0.3) is 5.91 Å². The third-order valence-electron chi connectivity index (χ3n) is 3.37. The molecule has 0 fully saturated rings. The van der Waals surface area contributed by atoms with Crippen molar-refractivity contribution >= 4 is 38.3 Å². The number of amides is 1. The van der Waals surface area contributed by atoms with Crippen molar-refractivity contribution in [3.63, 3.8) is 0 Å². The molecule has 2 N–H and O–H groups in total. The average molecular weight is 355 g/mol. The molecule has 1 aliphatic heterocycles. The van der Waals surface area contributed by atoms with E-state index in [4.69, 9.17) is 0 Å². The first-order valence-corrected chi connectivity index (χ1v) is 8.13. The van der Waals surface area contributed by atoms with Gasteiger partial charge in [0, 0.05) is 35.1 Å². The summed E-state index contributed by atoms with van der Waals surface area (Å²) >= 11 is 4.89. The zero-order valence-electron chi connectivity index (χ0n) is 11.1. The summed E-state index contributed by atoms with van der Waals surface area (Å²) < 4.78 is 0.861. The molecular formula is C13H15BrN4OS. The number of carbonyl (C=O) groups is 1. The van der Waals surface area contributed by atoms with E-state index in [1.54, 1.807) is 23.6 Å². The predicted octanol–water partition coefficient (Wildman–Crippen LogP) is 2.86. The summed E-state index contributed by atoms with van der Waals surface area (Å²) in [6.45, 7) is 5.20. The van der Waals surface area contributed by atoms with E-state index in [0.717, 1.165) is 36.2 Å². The molecule has 5 nitrogen and oxygen atoms in total. The third-order valence-corrected chi connectivity index (χ3v) is 4.83. The number of carbonyl (C=O) groups excluding carboxylic acids is 1. The molecule has 0 atom stereocenters. The van der Waals surface area contributed by atoms with Gasteiger partial charge in [-0.3, -0.25) is 15.0 Å². The smallest absolute Gasteiger partial charge is 0.273 e. The molecule has 2 aromatic rings. The number of H-pyrrole nitrogens is 1. The average Bonchev–Trinajstić information content (AvgIpc) is 3.03. The van der Waals surface area contributed by atoms with E-state index in [9.17, 15) is 4.79 Å². The van der Waals surface area contributed by atoms with Crippen LogP contribution in [0, 0.1) is 0 Å². The topological polar surface area (TPSA) is 61.0 Å². The zero-order valence-corrected chi connectivity index (χ0v) is 13.5. The molecule has 7 heteroatoms. The normalized spacial score (nSPS) is 15.1. The highest BCUT2D eigenvalue weighted by atomic mass is 79.9. The number of nitrogens with zero attached hydrogens (tertiary/aromatic N) is 2. The van der Waals surface area contributed by atoms with Crippen LogP contribution in [0.1, 0.15) is 28.0 Å². The molecule has 20 heavy (non-hydrogen) atoms. The van der Waals surface area contributed by atoms with Gasteiger partial charge in [-0.2, -0.15) is 0 Å². The van der Waals surface area contributed by atoms with Crippen molar-refractivity contribution in [1.29, 1.82) is 0 Å². The Bertz CT molecular complexity index is 636. The molecule has 3 rings (SSSR count). The van der Waals surface area contributed by atoms with E-state index in [0.29, 0.717) is 10.8 Å². The Balaban J connectivity index is 1.73. The molecule has 0 spiro atoms. The maximum Gasteiger partial charge on any atom is 0.273 e. The van der Waals surface area contributed by atoms with E-state index in [-0.39, 0.29) is 5.91 Å². The predicted molar refractivity (Wildman–Crippen MR) is 83.2 cm³/mol. The van der Waals surface area contributed by atoms with Gasteiger partial charge in [-0.25, -0.2) is 4.98 Å². The van der Waals surface area contributed by atoms with Crippen LogP contribution in [-0.4, -0.2) is 33.9 Å². The van der Waals surface area contributed by atoms with Crippen molar-refractivity contribution in [3.05, 3.63) is 33.0 Å². The van der Waals surface area contributed by atoms with Gasteiger partial charge < -0.3 is 4.98 Å². The number of nitrogens with one attached hydrogen (secondary N) is 2. The number of rotatable bonds is 3.